The zero-order chi connectivity index (χ0) is 12.2. The Morgan fingerprint density at radius 3 is 2.44 bits per heavy atom. The van der Waals surface area contributed by atoms with Crippen molar-refractivity contribution < 1.29 is 18.3 Å². The van der Waals surface area contributed by atoms with Crippen molar-refractivity contribution in [2.24, 2.45) is 0 Å². The number of sulfonamides is 1. The van der Waals surface area contributed by atoms with Crippen LogP contribution in [-0.2, 0) is 20.6 Å². The summed E-state index contributed by atoms with van der Waals surface area (Å²) in [5.41, 5.74) is 0.618. The number of carboxylic acid groups (broad SMARTS) is 1. The first-order valence-corrected chi connectivity index (χ1v) is 6.33. The lowest BCUT2D eigenvalue weighted by Gasteiger charge is -2.09. The molecule has 0 amide bonds. The van der Waals surface area contributed by atoms with Gasteiger partial charge in [0.2, 0.25) is 10.0 Å². The molecule has 0 aromatic heterocycles. The molecule has 0 aliphatic rings. The van der Waals surface area contributed by atoms with Gasteiger partial charge in [-0.1, -0.05) is 30.3 Å². The molecule has 0 fully saturated rings. The van der Waals surface area contributed by atoms with Crippen LogP contribution in [0.3, 0.4) is 0 Å². The summed E-state index contributed by atoms with van der Waals surface area (Å²) in [6, 6.07) is 7.46. The Morgan fingerprint density at radius 1 is 1.38 bits per heavy atom. The molecule has 0 spiro atoms. The topological polar surface area (TPSA) is 83.5 Å². The van der Waals surface area contributed by atoms with Crippen LogP contribution in [-0.4, -0.2) is 25.5 Å². The number of hydrogen-bond acceptors (Lipinski definition) is 3. The Balaban J connectivity index is 2.70. The monoisotopic (exact) mass is 243 g/mol. The minimum Gasteiger partial charge on any atom is -0.480 e. The van der Waals surface area contributed by atoms with Crippen molar-refractivity contribution in [2.75, 3.05) is 0 Å². The highest BCUT2D eigenvalue weighted by Crippen LogP contribution is 2.04. The second-order valence-electron chi connectivity index (χ2n) is 3.42. The number of hydrogen-bond donors (Lipinski definition) is 2. The van der Waals surface area contributed by atoms with Crippen LogP contribution in [0.15, 0.2) is 30.3 Å². The molecule has 1 unspecified atom stereocenters. The quantitative estimate of drug-likeness (QED) is 0.792. The van der Waals surface area contributed by atoms with Crippen LogP contribution in [0.5, 0.6) is 0 Å². The van der Waals surface area contributed by atoms with Gasteiger partial charge in [0.25, 0.3) is 0 Å². The van der Waals surface area contributed by atoms with E-state index in [2.05, 4.69) is 4.72 Å². The first kappa shape index (κ1) is 12.7. The average molecular weight is 243 g/mol. The summed E-state index contributed by atoms with van der Waals surface area (Å²) in [6.07, 6.45) is 0. The maximum absolute atomic E-state index is 11.5. The third-order valence-electron chi connectivity index (χ3n) is 1.93. The fourth-order valence-corrected chi connectivity index (χ4v) is 2.51. The van der Waals surface area contributed by atoms with Crippen LogP contribution < -0.4 is 4.72 Å². The van der Waals surface area contributed by atoms with Crippen LogP contribution in [0.25, 0.3) is 0 Å². The molecule has 6 heteroatoms. The number of nitrogens with one attached hydrogen (secondary N) is 1. The lowest BCUT2D eigenvalue weighted by atomic mass is 10.2. The Bertz CT molecular complexity index is 455. The van der Waals surface area contributed by atoms with E-state index in [9.17, 15) is 13.2 Å². The van der Waals surface area contributed by atoms with Gasteiger partial charge in [-0.05, 0) is 12.5 Å². The van der Waals surface area contributed by atoms with Gasteiger partial charge in [0.1, 0.15) is 6.04 Å². The summed E-state index contributed by atoms with van der Waals surface area (Å²) in [7, 11) is -3.61. The van der Waals surface area contributed by atoms with Crippen LogP contribution in [0.1, 0.15) is 12.5 Å². The van der Waals surface area contributed by atoms with Gasteiger partial charge in [0, 0.05) is 0 Å². The Morgan fingerprint density at radius 2 is 1.94 bits per heavy atom. The molecule has 88 valence electrons. The Labute approximate surface area is 94.2 Å². The number of carbonyl (C=O) groups is 1. The van der Waals surface area contributed by atoms with E-state index in [1.165, 1.54) is 6.92 Å². The van der Waals surface area contributed by atoms with E-state index in [1.807, 2.05) is 0 Å². The van der Waals surface area contributed by atoms with Crippen LogP contribution >= 0.6 is 0 Å². The predicted molar refractivity (Wildman–Crippen MR) is 59.3 cm³/mol. The highest BCUT2D eigenvalue weighted by Gasteiger charge is 2.19. The fourth-order valence-electron chi connectivity index (χ4n) is 1.16. The van der Waals surface area contributed by atoms with Gasteiger partial charge in [-0.25, -0.2) is 13.1 Å². The average Bonchev–Trinajstić information content (AvgIpc) is 2.17. The molecular weight excluding hydrogens is 230 g/mol. The number of aliphatic carboxylic acids is 1. The number of benzene rings is 1. The molecule has 0 heterocycles. The Kier molecular flexibility index (Phi) is 4.03. The third-order valence-corrected chi connectivity index (χ3v) is 3.35. The van der Waals surface area contributed by atoms with Gasteiger partial charge >= 0.3 is 5.97 Å². The molecule has 0 saturated heterocycles. The molecule has 1 rings (SSSR count). The smallest absolute Gasteiger partial charge is 0.321 e. The summed E-state index contributed by atoms with van der Waals surface area (Å²) in [5, 5.41) is 8.58. The second-order valence-corrected chi connectivity index (χ2v) is 5.18. The normalized spacial score (nSPS) is 13.3. The number of carboxylic acids is 1. The van der Waals surface area contributed by atoms with E-state index in [1.54, 1.807) is 30.3 Å². The van der Waals surface area contributed by atoms with Crippen molar-refractivity contribution in [3.05, 3.63) is 35.9 Å². The molecule has 2 N–H and O–H groups in total. The van der Waals surface area contributed by atoms with E-state index in [0.717, 1.165) is 0 Å². The molecule has 1 aromatic carbocycles. The van der Waals surface area contributed by atoms with Gasteiger partial charge in [0.15, 0.2) is 0 Å². The summed E-state index contributed by atoms with van der Waals surface area (Å²) in [5.74, 6) is -1.41. The van der Waals surface area contributed by atoms with E-state index < -0.39 is 22.0 Å². The maximum atomic E-state index is 11.5. The zero-order valence-corrected chi connectivity index (χ0v) is 9.57. The largest absolute Gasteiger partial charge is 0.480 e. The first-order valence-electron chi connectivity index (χ1n) is 4.67. The SMILES string of the molecule is CC(NS(=O)(=O)Cc1ccccc1)C(=O)O. The Hall–Kier alpha value is -1.40. The van der Waals surface area contributed by atoms with E-state index >= 15 is 0 Å². The molecular formula is C10H13NO4S. The zero-order valence-electron chi connectivity index (χ0n) is 8.75. The van der Waals surface area contributed by atoms with Gasteiger partial charge in [-0.3, -0.25) is 4.79 Å². The summed E-state index contributed by atoms with van der Waals surface area (Å²) < 4.78 is 25.2. The first-order chi connectivity index (χ1) is 7.41. The molecule has 0 radical (unpaired) electrons. The van der Waals surface area contributed by atoms with Crippen LogP contribution in [0, 0.1) is 0 Å². The molecule has 1 atom stereocenters. The fraction of sp³-hybridized carbons (Fsp3) is 0.300. The predicted octanol–water partition coefficient (Wildman–Crippen LogP) is 0.579. The van der Waals surface area contributed by atoms with E-state index in [0.29, 0.717) is 5.56 Å². The van der Waals surface area contributed by atoms with Crippen molar-refractivity contribution >= 4 is 16.0 Å². The summed E-state index contributed by atoms with van der Waals surface area (Å²) >= 11 is 0. The van der Waals surface area contributed by atoms with Crippen molar-refractivity contribution in [1.82, 2.24) is 4.72 Å². The lowest BCUT2D eigenvalue weighted by Crippen LogP contribution is -2.38. The molecule has 16 heavy (non-hydrogen) atoms. The van der Waals surface area contributed by atoms with Crippen LogP contribution in [0.2, 0.25) is 0 Å². The summed E-state index contributed by atoms with van der Waals surface area (Å²) in [4.78, 5) is 10.5. The van der Waals surface area contributed by atoms with Gasteiger partial charge in [-0.15, -0.1) is 0 Å². The molecule has 0 aliphatic heterocycles. The minimum atomic E-state index is -3.61. The van der Waals surface area contributed by atoms with Gasteiger partial charge < -0.3 is 5.11 Å². The molecule has 1 aromatic rings. The highest BCUT2D eigenvalue weighted by molar-refractivity contribution is 7.88. The standard InChI is InChI=1S/C10H13NO4S/c1-8(10(12)13)11-16(14,15)7-9-5-3-2-4-6-9/h2-6,8,11H,7H2,1H3,(H,12,13). The molecule has 0 bridgehead atoms. The van der Waals surface area contributed by atoms with Crippen LogP contribution in [0.4, 0.5) is 0 Å². The highest BCUT2D eigenvalue weighted by atomic mass is 32.2. The third kappa shape index (κ3) is 4.00. The van der Waals surface area contributed by atoms with Gasteiger partial charge in [0.05, 0.1) is 5.75 Å². The second kappa shape index (κ2) is 5.09. The van der Waals surface area contributed by atoms with Crippen molar-refractivity contribution in [3.8, 4) is 0 Å². The number of rotatable bonds is 5. The van der Waals surface area contributed by atoms with E-state index in [-0.39, 0.29) is 5.75 Å². The molecule has 5 nitrogen and oxygen atoms in total. The maximum Gasteiger partial charge on any atom is 0.321 e. The van der Waals surface area contributed by atoms with Crippen molar-refractivity contribution in [3.63, 3.8) is 0 Å². The van der Waals surface area contributed by atoms with Crippen molar-refractivity contribution in [1.29, 1.82) is 0 Å². The minimum absolute atomic E-state index is 0.217. The van der Waals surface area contributed by atoms with Gasteiger partial charge in [-0.2, -0.15) is 0 Å². The van der Waals surface area contributed by atoms with Crippen molar-refractivity contribution in [2.45, 2.75) is 18.7 Å². The summed E-state index contributed by atoms with van der Waals surface area (Å²) in [6.45, 7) is 1.28. The van der Waals surface area contributed by atoms with E-state index in [4.69, 9.17) is 5.11 Å². The lowest BCUT2D eigenvalue weighted by molar-refractivity contribution is -0.138. The molecule has 0 saturated carbocycles. The molecule has 0 aliphatic carbocycles.